The highest BCUT2D eigenvalue weighted by Gasteiger charge is 2.28. The highest BCUT2D eigenvalue weighted by Crippen LogP contribution is 2.38. The second-order valence-corrected chi connectivity index (χ2v) is 5.85. The third-order valence-corrected chi connectivity index (χ3v) is 4.32. The molecule has 1 aromatic rings. The van der Waals surface area contributed by atoms with E-state index in [0.29, 0.717) is 11.2 Å². The molecule has 0 nitrogen and oxygen atoms in total. The number of hydrogen-bond acceptors (Lipinski definition) is 0. The number of rotatable bonds is 6. The summed E-state index contributed by atoms with van der Waals surface area (Å²) in [6, 6.07) is 10.9. The molecule has 0 bridgehead atoms. The fourth-order valence-corrected chi connectivity index (χ4v) is 2.45. The van der Waals surface area contributed by atoms with E-state index in [4.69, 9.17) is 0 Å². The van der Waals surface area contributed by atoms with Crippen molar-refractivity contribution in [1.82, 2.24) is 0 Å². The standard InChI is InChI=1S/C16H26B/c1-6-13(2)16(3,4)12-15(17-5)14-10-8-7-9-11-14/h7-11,13,15H,6,12H2,1-5H3. The molecule has 17 heavy (non-hydrogen) atoms. The van der Waals surface area contributed by atoms with E-state index in [-0.39, 0.29) is 0 Å². The van der Waals surface area contributed by atoms with E-state index >= 15 is 0 Å². The van der Waals surface area contributed by atoms with Crippen LogP contribution in [-0.4, -0.2) is 7.28 Å². The average molecular weight is 229 g/mol. The van der Waals surface area contributed by atoms with Crippen molar-refractivity contribution in [3.8, 4) is 0 Å². The molecule has 0 heterocycles. The molecular weight excluding hydrogens is 203 g/mol. The summed E-state index contributed by atoms with van der Waals surface area (Å²) < 4.78 is 0. The first kappa shape index (κ1) is 14.3. The van der Waals surface area contributed by atoms with E-state index in [0.717, 1.165) is 5.92 Å². The van der Waals surface area contributed by atoms with E-state index in [9.17, 15) is 0 Å². The zero-order valence-electron chi connectivity index (χ0n) is 12.0. The van der Waals surface area contributed by atoms with Gasteiger partial charge < -0.3 is 0 Å². The molecule has 0 spiro atoms. The van der Waals surface area contributed by atoms with Crippen molar-refractivity contribution >= 4 is 7.28 Å². The van der Waals surface area contributed by atoms with Gasteiger partial charge in [-0.1, -0.05) is 76.8 Å². The lowest BCUT2D eigenvalue weighted by Gasteiger charge is -2.35. The average Bonchev–Trinajstić information content (AvgIpc) is 2.36. The van der Waals surface area contributed by atoms with Gasteiger partial charge in [0.25, 0.3) is 0 Å². The van der Waals surface area contributed by atoms with Crippen molar-refractivity contribution in [3.05, 3.63) is 35.9 Å². The summed E-state index contributed by atoms with van der Waals surface area (Å²) in [6.45, 7) is 11.7. The fourth-order valence-electron chi connectivity index (χ4n) is 2.45. The molecule has 0 fully saturated rings. The van der Waals surface area contributed by atoms with E-state index in [2.05, 4.69) is 72.1 Å². The molecule has 0 saturated carbocycles. The van der Waals surface area contributed by atoms with Gasteiger partial charge in [-0.15, -0.1) is 0 Å². The van der Waals surface area contributed by atoms with Crippen molar-refractivity contribution in [2.45, 2.75) is 53.2 Å². The van der Waals surface area contributed by atoms with Crippen LogP contribution in [0.4, 0.5) is 0 Å². The highest BCUT2D eigenvalue weighted by molar-refractivity contribution is 6.35. The van der Waals surface area contributed by atoms with Crippen LogP contribution in [0.15, 0.2) is 30.3 Å². The van der Waals surface area contributed by atoms with Crippen LogP contribution >= 0.6 is 0 Å². The first-order valence-corrected chi connectivity index (χ1v) is 6.85. The summed E-state index contributed by atoms with van der Waals surface area (Å²) in [7, 11) is 2.35. The molecule has 1 heteroatoms. The Morgan fingerprint density at radius 1 is 1.18 bits per heavy atom. The predicted octanol–water partition coefficient (Wildman–Crippen LogP) is 4.94. The van der Waals surface area contributed by atoms with Gasteiger partial charge in [0.1, 0.15) is 7.28 Å². The quantitative estimate of drug-likeness (QED) is 0.606. The highest BCUT2D eigenvalue weighted by atomic mass is 14.3. The van der Waals surface area contributed by atoms with E-state index < -0.39 is 0 Å². The molecule has 0 saturated heterocycles. The van der Waals surface area contributed by atoms with Crippen LogP contribution in [0.5, 0.6) is 0 Å². The minimum absolute atomic E-state index is 0.405. The molecule has 0 aliphatic heterocycles. The maximum atomic E-state index is 2.40. The third kappa shape index (κ3) is 3.90. The van der Waals surface area contributed by atoms with Crippen LogP contribution < -0.4 is 0 Å². The molecular formula is C16H26B. The fraction of sp³-hybridized carbons (Fsp3) is 0.625. The Kier molecular flexibility index (Phi) is 5.30. The second-order valence-electron chi connectivity index (χ2n) is 5.85. The molecule has 1 radical (unpaired) electrons. The predicted molar refractivity (Wildman–Crippen MR) is 78.7 cm³/mol. The number of hydrogen-bond donors (Lipinski definition) is 0. The van der Waals surface area contributed by atoms with Crippen molar-refractivity contribution in [2.24, 2.45) is 11.3 Å². The van der Waals surface area contributed by atoms with Crippen molar-refractivity contribution in [3.63, 3.8) is 0 Å². The lowest BCUT2D eigenvalue weighted by Crippen LogP contribution is -2.25. The van der Waals surface area contributed by atoms with Gasteiger partial charge in [0.15, 0.2) is 0 Å². The Morgan fingerprint density at radius 3 is 2.24 bits per heavy atom. The molecule has 0 aromatic heterocycles. The Labute approximate surface area is 108 Å². The maximum absolute atomic E-state index is 2.40. The first-order valence-electron chi connectivity index (χ1n) is 6.85. The molecule has 0 aliphatic carbocycles. The summed E-state index contributed by atoms with van der Waals surface area (Å²) in [5.41, 5.74) is 1.85. The van der Waals surface area contributed by atoms with Gasteiger partial charge in [0.05, 0.1) is 0 Å². The molecule has 2 atom stereocenters. The Balaban J connectivity index is 2.77. The van der Waals surface area contributed by atoms with Crippen LogP contribution in [0.25, 0.3) is 0 Å². The van der Waals surface area contributed by atoms with E-state index in [1.165, 1.54) is 18.4 Å². The van der Waals surface area contributed by atoms with Crippen LogP contribution in [0.1, 0.15) is 51.9 Å². The van der Waals surface area contributed by atoms with Gasteiger partial charge in [0.2, 0.25) is 0 Å². The van der Waals surface area contributed by atoms with E-state index in [1.807, 2.05) is 0 Å². The van der Waals surface area contributed by atoms with E-state index in [1.54, 1.807) is 0 Å². The van der Waals surface area contributed by atoms with Gasteiger partial charge >= 0.3 is 0 Å². The second kappa shape index (κ2) is 6.28. The van der Waals surface area contributed by atoms with Gasteiger partial charge in [-0.25, -0.2) is 0 Å². The first-order chi connectivity index (χ1) is 8.01. The van der Waals surface area contributed by atoms with Crippen LogP contribution in [0.2, 0.25) is 6.82 Å². The summed E-state index contributed by atoms with van der Waals surface area (Å²) in [5.74, 6) is 1.36. The Bertz CT molecular complexity index is 316. The van der Waals surface area contributed by atoms with Crippen LogP contribution in [-0.2, 0) is 0 Å². The SMILES string of the molecule is C[B]C(CC(C)(C)C(C)CC)c1ccccc1. The summed E-state index contributed by atoms with van der Waals surface area (Å²) in [6.07, 6.45) is 2.50. The molecule has 0 N–H and O–H groups in total. The normalized spacial score (nSPS) is 15.4. The van der Waals surface area contributed by atoms with Gasteiger partial charge in [-0.2, -0.15) is 0 Å². The monoisotopic (exact) mass is 229 g/mol. The number of benzene rings is 1. The summed E-state index contributed by atoms with van der Waals surface area (Å²) >= 11 is 0. The molecule has 2 unspecified atom stereocenters. The lowest BCUT2D eigenvalue weighted by atomic mass is 9.57. The Hall–Kier alpha value is -0.715. The minimum Gasteiger partial charge on any atom is -0.0914 e. The van der Waals surface area contributed by atoms with Gasteiger partial charge in [-0.05, 0) is 23.6 Å². The summed E-state index contributed by atoms with van der Waals surface area (Å²) in [4.78, 5) is 0. The zero-order valence-corrected chi connectivity index (χ0v) is 12.0. The Morgan fingerprint density at radius 2 is 1.76 bits per heavy atom. The van der Waals surface area contributed by atoms with Gasteiger partial charge in [0, 0.05) is 0 Å². The topological polar surface area (TPSA) is 0 Å². The van der Waals surface area contributed by atoms with Crippen LogP contribution in [0.3, 0.4) is 0 Å². The van der Waals surface area contributed by atoms with Crippen LogP contribution in [0, 0.1) is 11.3 Å². The maximum Gasteiger partial charge on any atom is 0.116 e. The molecule has 0 amide bonds. The molecule has 1 aromatic carbocycles. The molecule has 1 rings (SSSR count). The van der Waals surface area contributed by atoms with Crippen molar-refractivity contribution in [1.29, 1.82) is 0 Å². The van der Waals surface area contributed by atoms with Crippen molar-refractivity contribution in [2.75, 3.05) is 0 Å². The smallest absolute Gasteiger partial charge is 0.0914 e. The minimum atomic E-state index is 0.405. The summed E-state index contributed by atoms with van der Waals surface area (Å²) in [5, 5.41) is 0. The lowest BCUT2D eigenvalue weighted by molar-refractivity contribution is 0.203. The van der Waals surface area contributed by atoms with Gasteiger partial charge in [-0.3, -0.25) is 0 Å². The largest absolute Gasteiger partial charge is 0.116 e. The molecule has 0 aliphatic rings. The zero-order chi connectivity index (χ0) is 12.9. The van der Waals surface area contributed by atoms with Crippen molar-refractivity contribution < 1.29 is 0 Å². The third-order valence-electron chi connectivity index (χ3n) is 4.32. The molecule has 93 valence electrons.